The third kappa shape index (κ3) is 3.49. The summed E-state index contributed by atoms with van der Waals surface area (Å²) in [5.74, 6) is 4.38. The summed E-state index contributed by atoms with van der Waals surface area (Å²) >= 11 is 3.40. The van der Waals surface area contributed by atoms with Gasteiger partial charge in [-0.05, 0) is 86.9 Å². The highest BCUT2D eigenvalue weighted by Crippen LogP contribution is 2.61. The summed E-state index contributed by atoms with van der Waals surface area (Å²) in [4.78, 5) is 12.5. The van der Waals surface area contributed by atoms with Gasteiger partial charge in [0.05, 0.1) is 10.9 Å². The predicted octanol–water partition coefficient (Wildman–Crippen LogP) is 5.61. The van der Waals surface area contributed by atoms with Crippen LogP contribution in [0.15, 0.2) is 0 Å². The molecule has 2 nitrogen and oxygen atoms in total. The highest BCUT2D eigenvalue weighted by Gasteiger charge is 2.54. The predicted molar refractivity (Wildman–Crippen MR) is 107 cm³/mol. The van der Waals surface area contributed by atoms with Crippen molar-refractivity contribution in [1.82, 2.24) is 0 Å². The average Bonchev–Trinajstić information content (AvgIpc) is 2.58. The number of alkyl halides is 1. The second-order valence-electron chi connectivity index (χ2n) is 9.95. The first-order chi connectivity index (χ1) is 11.7. The van der Waals surface area contributed by atoms with Gasteiger partial charge >= 0.3 is 0 Å². The Hall–Kier alpha value is 0.110. The second kappa shape index (κ2) is 7.26. The van der Waals surface area contributed by atoms with Gasteiger partial charge in [-0.25, -0.2) is 0 Å². The Bertz CT molecular complexity index is 502. The molecule has 0 heterocycles. The third-order valence-electron chi connectivity index (χ3n) is 8.72. The number of hydrogen-bond donors (Lipinski definition) is 1. The van der Waals surface area contributed by atoms with E-state index >= 15 is 0 Å². The molecule has 0 unspecified atom stereocenters. The fraction of sp³-hybridized carbons (Fsp3) is 0.955. The van der Waals surface area contributed by atoms with E-state index in [0.29, 0.717) is 17.0 Å². The van der Waals surface area contributed by atoms with Crippen molar-refractivity contribution in [1.29, 1.82) is 0 Å². The normalized spacial score (nSPS) is 48.3. The molecule has 0 radical (unpaired) electrons. The molecule has 3 rings (SSSR count). The number of hydrogen-bond acceptors (Lipinski definition) is 2. The number of ketones is 1. The Balaban J connectivity index is 1.81. The number of halogens is 1. The molecule has 0 spiro atoms. The van der Waals surface area contributed by atoms with Gasteiger partial charge in [0, 0.05) is 5.92 Å². The zero-order valence-corrected chi connectivity index (χ0v) is 18.1. The van der Waals surface area contributed by atoms with Crippen molar-refractivity contribution in [3.63, 3.8) is 0 Å². The van der Waals surface area contributed by atoms with Gasteiger partial charge in [0.1, 0.15) is 5.78 Å². The Morgan fingerprint density at radius 3 is 2.44 bits per heavy atom. The second-order valence-corrected chi connectivity index (χ2v) is 10.5. The lowest BCUT2D eigenvalue weighted by atomic mass is 9.46. The van der Waals surface area contributed by atoms with Gasteiger partial charge in [0.15, 0.2) is 0 Å². The maximum Gasteiger partial charge on any atom is 0.146 e. The summed E-state index contributed by atoms with van der Waals surface area (Å²) in [5.41, 5.74) is -0.272. The van der Waals surface area contributed by atoms with E-state index in [0.717, 1.165) is 36.5 Å². The first-order valence-corrected chi connectivity index (χ1v) is 11.7. The van der Waals surface area contributed by atoms with Crippen molar-refractivity contribution < 1.29 is 9.90 Å². The first-order valence-electron chi connectivity index (χ1n) is 10.5. The molecule has 144 valence electrons. The zero-order chi connectivity index (χ0) is 18.4. The summed E-state index contributed by atoms with van der Waals surface area (Å²) in [5, 5.41) is 11.0. The van der Waals surface area contributed by atoms with Crippen molar-refractivity contribution in [2.75, 3.05) is 5.33 Å². The van der Waals surface area contributed by atoms with Crippen molar-refractivity contribution >= 4 is 21.7 Å². The number of Topliss-reactive ketones (excluding diaryl/α,β-unsaturated/α-hetero) is 1. The van der Waals surface area contributed by atoms with Crippen LogP contribution in [0.1, 0.15) is 79.1 Å². The van der Waals surface area contributed by atoms with Gasteiger partial charge < -0.3 is 5.11 Å². The molecule has 0 bridgehead atoms. The van der Waals surface area contributed by atoms with Gasteiger partial charge in [-0.15, -0.1) is 0 Å². The number of carbonyl (C=O) groups excluding carboxylic acids is 1. The quantitative estimate of drug-likeness (QED) is 0.609. The highest BCUT2D eigenvalue weighted by molar-refractivity contribution is 9.09. The Morgan fingerprint density at radius 1 is 1.12 bits per heavy atom. The molecular weight excluding hydrogens is 376 g/mol. The van der Waals surface area contributed by atoms with Crippen molar-refractivity contribution in [3.05, 3.63) is 0 Å². The van der Waals surface area contributed by atoms with Gasteiger partial charge in [-0.3, -0.25) is 4.79 Å². The minimum absolute atomic E-state index is 0.155. The Morgan fingerprint density at radius 2 is 1.80 bits per heavy atom. The number of rotatable bonds is 4. The molecule has 1 N–H and O–H groups in total. The molecule has 8 atom stereocenters. The third-order valence-corrected chi connectivity index (χ3v) is 9.27. The van der Waals surface area contributed by atoms with Crippen LogP contribution >= 0.6 is 15.9 Å². The van der Waals surface area contributed by atoms with Crippen LogP contribution in [0.2, 0.25) is 0 Å². The number of fused-ring (bicyclic) bond motifs is 3. The molecule has 3 aliphatic carbocycles. The van der Waals surface area contributed by atoms with Crippen LogP contribution < -0.4 is 0 Å². The molecular formula is C22H37BrO2. The van der Waals surface area contributed by atoms with E-state index in [1.807, 2.05) is 6.92 Å². The van der Waals surface area contributed by atoms with Crippen molar-refractivity contribution in [2.45, 2.75) is 84.7 Å². The molecule has 0 saturated heterocycles. The lowest BCUT2D eigenvalue weighted by Crippen LogP contribution is -2.53. The van der Waals surface area contributed by atoms with E-state index in [4.69, 9.17) is 0 Å². The monoisotopic (exact) mass is 412 g/mol. The number of carbonyl (C=O) groups is 1. The van der Waals surface area contributed by atoms with Gasteiger partial charge in [0.2, 0.25) is 0 Å². The number of aliphatic hydroxyl groups is 1. The topological polar surface area (TPSA) is 37.3 Å². The summed E-state index contributed by atoms with van der Waals surface area (Å²) in [6.45, 7) is 8.96. The van der Waals surface area contributed by atoms with Crippen molar-refractivity contribution in [2.24, 2.45) is 40.9 Å². The van der Waals surface area contributed by atoms with Crippen LogP contribution in [0.25, 0.3) is 0 Å². The lowest BCUT2D eigenvalue weighted by Gasteiger charge is -2.58. The van der Waals surface area contributed by atoms with Crippen LogP contribution in [-0.4, -0.2) is 21.8 Å². The van der Waals surface area contributed by atoms with E-state index in [2.05, 4.69) is 36.7 Å². The molecule has 0 aromatic heterocycles. The van der Waals surface area contributed by atoms with E-state index in [1.165, 1.54) is 38.5 Å². The molecule has 3 aliphatic rings. The standard InChI is InChI=1S/C22H37BrO2/c1-5-19-18-7-6-15-12-21(3,25)10-8-16(15)17(18)9-11-22(19,4)14(2)20(24)13-23/h14-19,25H,5-13H2,1-4H3/t14-,15-,16+,17-,18-,19+,21-,22-/m1/s1. The first kappa shape index (κ1) is 19.9. The summed E-state index contributed by atoms with van der Waals surface area (Å²) in [6, 6.07) is 0. The van der Waals surface area contributed by atoms with Crippen LogP contribution in [0, 0.1) is 40.9 Å². The SMILES string of the molecule is CC[C@H]1[C@@H]2CC[C@@H]3C[C@](C)(O)CC[C@@H]3[C@H]2CC[C@]1(C)[C@H](C)C(=O)CBr. The minimum Gasteiger partial charge on any atom is -0.390 e. The molecule has 0 aromatic rings. The van der Waals surface area contributed by atoms with Crippen LogP contribution in [0.3, 0.4) is 0 Å². The molecule has 3 fully saturated rings. The Labute approximate surface area is 162 Å². The van der Waals surface area contributed by atoms with Gasteiger partial charge in [0.25, 0.3) is 0 Å². The van der Waals surface area contributed by atoms with E-state index < -0.39 is 5.60 Å². The van der Waals surface area contributed by atoms with Crippen LogP contribution in [0.5, 0.6) is 0 Å². The zero-order valence-electron chi connectivity index (χ0n) is 16.6. The van der Waals surface area contributed by atoms with E-state index in [-0.39, 0.29) is 11.3 Å². The summed E-state index contributed by atoms with van der Waals surface area (Å²) in [6.07, 6.45) is 9.49. The molecule has 0 amide bonds. The molecule has 25 heavy (non-hydrogen) atoms. The largest absolute Gasteiger partial charge is 0.390 e. The fourth-order valence-electron chi connectivity index (χ4n) is 7.22. The lowest BCUT2D eigenvalue weighted by molar-refractivity contribution is -0.136. The molecule has 0 aliphatic heterocycles. The Kier molecular flexibility index (Phi) is 5.77. The van der Waals surface area contributed by atoms with Crippen molar-refractivity contribution in [3.8, 4) is 0 Å². The van der Waals surface area contributed by atoms with Crippen LogP contribution in [0.4, 0.5) is 0 Å². The van der Waals surface area contributed by atoms with Crippen LogP contribution in [-0.2, 0) is 4.79 Å². The molecule has 3 saturated carbocycles. The highest BCUT2D eigenvalue weighted by atomic mass is 79.9. The maximum atomic E-state index is 12.5. The van der Waals surface area contributed by atoms with E-state index in [9.17, 15) is 9.90 Å². The molecule has 3 heteroatoms. The average molecular weight is 413 g/mol. The van der Waals surface area contributed by atoms with E-state index in [1.54, 1.807) is 0 Å². The van der Waals surface area contributed by atoms with Gasteiger partial charge in [-0.1, -0.05) is 43.1 Å². The molecule has 0 aromatic carbocycles. The summed E-state index contributed by atoms with van der Waals surface area (Å²) < 4.78 is 0. The summed E-state index contributed by atoms with van der Waals surface area (Å²) in [7, 11) is 0. The maximum absolute atomic E-state index is 12.5. The minimum atomic E-state index is -0.432. The van der Waals surface area contributed by atoms with Gasteiger partial charge in [-0.2, -0.15) is 0 Å². The smallest absolute Gasteiger partial charge is 0.146 e. The fourth-order valence-corrected chi connectivity index (χ4v) is 7.71.